The summed E-state index contributed by atoms with van der Waals surface area (Å²) in [6, 6.07) is 8.98. The number of amides is 2. The second kappa shape index (κ2) is 11.1. The molecule has 2 aromatic rings. The van der Waals surface area contributed by atoms with Crippen molar-refractivity contribution in [1.82, 2.24) is 9.80 Å². The molecule has 10 heteroatoms. The monoisotopic (exact) mass is 510 g/mol. The Morgan fingerprint density at radius 2 is 1.73 bits per heavy atom. The highest BCUT2D eigenvalue weighted by molar-refractivity contribution is 5.99. The maximum Gasteiger partial charge on any atom is 0.315 e. The number of ether oxygens (including phenoxy) is 2. The van der Waals surface area contributed by atoms with Gasteiger partial charge in [-0.05, 0) is 49.9 Å². The lowest BCUT2D eigenvalue weighted by Crippen LogP contribution is -2.53. The number of methoxy groups -OCH3 is 2. The maximum atomic E-state index is 13.5. The van der Waals surface area contributed by atoms with Gasteiger partial charge in [-0.3, -0.25) is 19.7 Å². The number of hydrogen-bond donors (Lipinski definition) is 0. The average molecular weight is 511 g/mol. The van der Waals surface area contributed by atoms with Crippen molar-refractivity contribution >= 4 is 23.2 Å². The highest BCUT2D eigenvalue weighted by Gasteiger charge is 2.35. The molecule has 1 atom stereocenters. The fourth-order valence-corrected chi connectivity index (χ4v) is 5.25. The summed E-state index contributed by atoms with van der Waals surface area (Å²) in [5.74, 6) is -0.566. The first-order valence-electron chi connectivity index (χ1n) is 12.5. The van der Waals surface area contributed by atoms with E-state index in [-0.39, 0.29) is 41.1 Å². The first-order chi connectivity index (χ1) is 17.7. The smallest absolute Gasteiger partial charge is 0.315 e. The van der Waals surface area contributed by atoms with E-state index in [0.717, 1.165) is 13.1 Å². The molecule has 2 saturated heterocycles. The zero-order valence-corrected chi connectivity index (χ0v) is 21.9. The van der Waals surface area contributed by atoms with Crippen LogP contribution in [0.25, 0.3) is 0 Å². The average Bonchev–Trinajstić information content (AvgIpc) is 2.93. The minimum absolute atomic E-state index is 0.0571. The minimum Gasteiger partial charge on any atom is -0.496 e. The summed E-state index contributed by atoms with van der Waals surface area (Å²) in [5.41, 5.74) is 3.45. The number of rotatable bonds is 6. The maximum absolute atomic E-state index is 13.5. The van der Waals surface area contributed by atoms with Crippen molar-refractivity contribution in [2.75, 3.05) is 58.4 Å². The molecule has 4 rings (SSSR count). The molecular weight excluding hydrogens is 476 g/mol. The second-order valence-corrected chi connectivity index (χ2v) is 9.61. The number of nitro benzene ring substituents is 1. The molecule has 0 radical (unpaired) electrons. The number of aryl methyl sites for hydroxylation is 1. The fraction of sp³-hybridized carbons (Fsp3) is 0.481. The summed E-state index contributed by atoms with van der Waals surface area (Å²) < 4.78 is 10.4. The van der Waals surface area contributed by atoms with Gasteiger partial charge in [0.25, 0.3) is 5.91 Å². The molecule has 0 N–H and O–H groups in total. The molecule has 2 aliphatic heterocycles. The van der Waals surface area contributed by atoms with E-state index in [1.807, 2.05) is 4.90 Å². The molecule has 2 aromatic carbocycles. The SMILES string of the molecule is COc1cc(C(=O)N2CCCC(C(=O)N3CCN(c4cccc(C)c4C)CC3)C2)c(OC)c([N+](=O)[O-])c1. The van der Waals surface area contributed by atoms with E-state index in [1.54, 1.807) is 4.90 Å². The molecule has 198 valence electrons. The van der Waals surface area contributed by atoms with Crippen molar-refractivity contribution in [1.29, 1.82) is 0 Å². The Kier molecular flexibility index (Phi) is 7.85. The summed E-state index contributed by atoms with van der Waals surface area (Å²) >= 11 is 0. The number of hydrogen-bond acceptors (Lipinski definition) is 7. The molecule has 0 saturated carbocycles. The third kappa shape index (κ3) is 5.33. The van der Waals surface area contributed by atoms with Crippen LogP contribution in [0.2, 0.25) is 0 Å². The number of carbonyl (C=O) groups is 2. The quantitative estimate of drug-likeness (QED) is 0.433. The van der Waals surface area contributed by atoms with Gasteiger partial charge in [-0.25, -0.2) is 0 Å². The Hall–Kier alpha value is -3.82. The van der Waals surface area contributed by atoms with Crippen molar-refractivity contribution in [2.24, 2.45) is 5.92 Å². The van der Waals surface area contributed by atoms with Crippen molar-refractivity contribution < 1.29 is 24.0 Å². The molecule has 0 spiro atoms. The number of carbonyl (C=O) groups excluding carboxylic acids is 2. The molecular formula is C27H34N4O6. The molecule has 0 aromatic heterocycles. The van der Waals surface area contributed by atoms with Crippen LogP contribution in [0.5, 0.6) is 11.5 Å². The van der Waals surface area contributed by atoms with Gasteiger partial charge in [0, 0.05) is 45.0 Å². The van der Waals surface area contributed by atoms with E-state index in [0.29, 0.717) is 32.5 Å². The highest BCUT2D eigenvalue weighted by atomic mass is 16.6. The summed E-state index contributed by atoms with van der Waals surface area (Å²) in [7, 11) is 2.68. The van der Waals surface area contributed by atoms with E-state index in [4.69, 9.17) is 9.47 Å². The van der Waals surface area contributed by atoms with Gasteiger partial charge in [0.15, 0.2) is 0 Å². The molecule has 0 bridgehead atoms. The van der Waals surface area contributed by atoms with Crippen LogP contribution in [-0.4, -0.2) is 80.0 Å². The number of nitrogens with zero attached hydrogens (tertiary/aromatic N) is 4. The molecule has 1 unspecified atom stereocenters. The van der Waals surface area contributed by atoms with Crippen LogP contribution in [0.4, 0.5) is 11.4 Å². The first-order valence-corrected chi connectivity index (χ1v) is 12.5. The van der Waals surface area contributed by atoms with E-state index >= 15 is 0 Å². The van der Waals surface area contributed by atoms with Crippen LogP contribution < -0.4 is 14.4 Å². The van der Waals surface area contributed by atoms with E-state index in [2.05, 4.69) is 36.9 Å². The number of benzene rings is 2. The van der Waals surface area contributed by atoms with Gasteiger partial charge < -0.3 is 24.2 Å². The molecule has 10 nitrogen and oxygen atoms in total. The molecule has 2 aliphatic rings. The topological polar surface area (TPSA) is 105 Å². The Labute approximate surface area is 216 Å². The van der Waals surface area contributed by atoms with Gasteiger partial charge in [-0.2, -0.15) is 0 Å². The molecule has 37 heavy (non-hydrogen) atoms. The fourth-order valence-electron chi connectivity index (χ4n) is 5.25. The second-order valence-electron chi connectivity index (χ2n) is 9.61. The Morgan fingerprint density at radius 1 is 1.00 bits per heavy atom. The molecule has 0 aliphatic carbocycles. The van der Waals surface area contributed by atoms with Gasteiger partial charge in [-0.1, -0.05) is 12.1 Å². The van der Waals surface area contributed by atoms with Crippen LogP contribution in [0.1, 0.15) is 34.3 Å². The zero-order chi connectivity index (χ0) is 26.7. The summed E-state index contributed by atoms with van der Waals surface area (Å²) in [6.07, 6.45) is 1.38. The van der Waals surface area contributed by atoms with Crippen LogP contribution in [0.3, 0.4) is 0 Å². The predicted molar refractivity (Wildman–Crippen MR) is 140 cm³/mol. The van der Waals surface area contributed by atoms with Gasteiger partial charge in [0.1, 0.15) is 5.75 Å². The van der Waals surface area contributed by atoms with E-state index in [1.165, 1.54) is 43.2 Å². The number of piperidine rings is 1. The lowest BCUT2D eigenvalue weighted by molar-refractivity contribution is -0.385. The van der Waals surface area contributed by atoms with Crippen molar-refractivity contribution in [3.05, 3.63) is 57.1 Å². The molecule has 2 fully saturated rings. The summed E-state index contributed by atoms with van der Waals surface area (Å²) in [5, 5.41) is 11.6. The minimum atomic E-state index is -0.599. The molecule has 2 heterocycles. The van der Waals surface area contributed by atoms with Gasteiger partial charge in [-0.15, -0.1) is 0 Å². The largest absolute Gasteiger partial charge is 0.496 e. The first kappa shape index (κ1) is 26.2. The number of nitro groups is 1. The van der Waals surface area contributed by atoms with Gasteiger partial charge in [0.2, 0.25) is 11.7 Å². The Balaban J connectivity index is 1.45. The summed E-state index contributed by atoms with van der Waals surface area (Å²) in [4.78, 5) is 43.7. The third-order valence-corrected chi connectivity index (χ3v) is 7.48. The Morgan fingerprint density at radius 3 is 2.38 bits per heavy atom. The number of piperazine rings is 1. The van der Waals surface area contributed by atoms with Gasteiger partial charge >= 0.3 is 5.69 Å². The lowest BCUT2D eigenvalue weighted by atomic mass is 9.95. The summed E-state index contributed by atoms with van der Waals surface area (Å²) in [6.45, 7) is 7.75. The zero-order valence-electron chi connectivity index (χ0n) is 21.9. The van der Waals surface area contributed by atoms with Crippen LogP contribution in [0, 0.1) is 29.9 Å². The van der Waals surface area contributed by atoms with E-state index < -0.39 is 10.8 Å². The van der Waals surface area contributed by atoms with Crippen LogP contribution in [-0.2, 0) is 4.79 Å². The van der Waals surface area contributed by atoms with Crippen molar-refractivity contribution in [3.8, 4) is 11.5 Å². The third-order valence-electron chi connectivity index (χ3n) is 7.48. The number of likely N-dealkylation sites (tertiary alicyclic amines) is 1. The highest BCUT2D eigenvalue weighted by Crippen LogP contribution is 2.37. The predicted octanol–water partition coefficient (Wildman–Crippen LogP) is 3.43. The standard InChI is InChI=1S/C27H34N4O6/c1-18-7-5-9-23(19(18)2)28-11-13-29(14-12-28)26(32)20-8-6-10-30(17-20)27(33)22-15-21(36-3)16-24(31(34)35)25(22)37-4/h5,7,9,15-16,20H,6,8,10-14,17H2,1-4H3. The Bertz CT molecular complexity index is 1190. The molecule has 2 amide bonds. The van der Waals surface area contributed by atoms with Crippen LogP contribution in [0.15, 0.2) is 30.3 Å². The normalized spacial score (nSPS) is 17.9. The van der Waals surface area contributed by atoms with Crippen LogP contribution >= 0.6 is 0 Å². The number of anilines is 1. The van der Waals surface area contributed by atoms with Crippen molar-refractivity contribution in [3.63, 3.8) is 0 Å². The van der Waals surface area contributed by atoms with Crippen molar-refractivity contribution in [2.45, 2.75) is 26.7 Å². The van der Waals surface area contributed by atoms with Gasteiger partial charge in [0.05, 0.1) is 36.7 Å². The van der Waals surface area contributed by atoms with E-state index in [9.17, 15) is 19.7 Å². The lowest BCUT2D eigenvalue weighted by Gasteiger charge is -2.40.